The molecule has 0 spiro atoms. The molecule has 0 radical (unpaired) electrons. The van der Waals surface area contributed by atoms with E-state index in [1.54, 1.807) is 0 Å². The van der Waals surface area contributed by atoms with Crippen molar-refractivity contribution in [3.05, 3.63) is 0 Å². The average molecular weight is 201 g/mol. The molecule has 0 bridgehead atoms. The molecular weight excluding hydrogens is 178 g/mol. The van der Waals surface area contributed by atoms with Crippen molar-refractivity contribution in [3.63, 3.8) is 0 Å². The number of nitrogens with two attached hydrogens (primary N) is 2. The minimum atomic E-state index is -0.286. The summed E-state index contributed by atoms with van der Waals surface area (Å²) in [6.45, 7) is 7.90. The molecule has 0 aliphatic heterocycles. The molecule has 4 nitrogen and oxygen atoms in total. The number of rotatable bonds is 7. The van der Waals surface area contributed by atoms with Gasteiger partial charge in [-0.15, -0.1) is 0 Å². The van der Waals surface area contributed by atoms with Gasteiger partial charge in [-0.2, -0.15) is 0 Å². The van der Waals surface area contributed by atoms with Gasteiger partial charge >= 0.3 is 0 Å². The molecule has 0 aromatic heterocycles. The van der Waals surface area contributed by atoms with Crippen molar-refractivity contribution in [2.45, 2.75) is 39.2 Å². The van der Waals surface area contributed by atoms with Crippen molar-refractivity contribution in [2.75, 3.05) is 19.6 Å². The fourth-order valence-electron chi connectivity index (χ4n) is 1.92. The van der Waals surface area contributed by atoms with Crippen LogP contribution in [0.1, 0.15) is 33.6 Å². The molecule has 84 valence electrons. The summed E-state index contributed by atoms with van der Waals surface area (Å²) in [4.78, 5) is 13.0. The fraction of sp³-hybridized carbons (Fsp3) is 0.900. The Balaban J connectivity index is 4.64. The molecule has 0 aliphatic carbocycles. The van der Waals surface area contributed by atoms with E-state index in [-0.39, 0.29) is 11.4 Å². The lowest BCUT2D eigenvalue weighted by molar-refractivity contribution is -0.120. The Morgan fingerprint density at radius 3 is 2.00 bits per heavy atom. The highest BCUT2D eigenvalue weighted by atomic mass is 16.1. The highest BCUT2D eigenvalue weighted by Gasteiger charge is 2.31. The van der Waals surface area contributed by atoms with Gasteiger partial charge in [0.05, 0.1) is 6.54 Å². The molecule has 0 aromatic rings. The molecule has 4 heteroatoms. The fourth-order valence-corrected chi connectivity index (χ4v) is 1.92. The molecule has 4 N–H and O–H groups in total. The quantitative estimate of drug-likeness (QED) is 0.622. The Morgan fingerprint density at radius 2 is 1.79 bits per heavy atom. The van der Waals surface area contributed by atoms with Crippen molar-refractivity contribution < 1.29 is 4.79 Å². The van der Waals surface area contributed by atoms with E-state index in [1.165, 1.54) is 0 Å². The van der Waals surface area contributed by atoms with Gasteiger partial charge in [0, 0.05) is 12.1 Å². The zero-order chi connectivity index (χ0) is 11.2. The highest BCUT2D eigenvalue weighted by molar-refractivity contribution is 5.76. The number of likely N-dealkylation sites (N-methyl/N-ethyl adjacent to an activating group) is 1. The lowest BCUT2D eigenvalue weighted by Gasteiger charge is -2.41. The standard InChI is InChI=1S/C10H23N3O/c1-4-10(5-2,8-11)13(6-3)7-9(12)14/h4-8,11H2,1-3H3,(H2,12,14). The molecule has 0 aliphatic rings. The largest absolute Gasteiger partial charge is 0.369 e. The van der Waals surface area contributed by atoms with Crippen LogP contribution in [0.5, 0.6) is 0 Å². The van der Waals surface area contributed by atoms with Crippen LogP contribution in [0.4, 0.5) is 0 Å². The highest BCUT2D eigenvalue weighted by Crippen LogP contribution is 2.22. The van der Waals surface area contributed by atoms with Crippen molar-refractivity contribution in [2.24, 2.45) is 11.5 Å². The molecule has 0 rings (SSSR count). The Hall–Kier alpha value is -0.610. The third kappa shape index (κ3) is 2.96. The maximum absolute atomic E-state index is 10.9. The molecule has 14 heavy (non-hydrogen) atoms. The van der Waals surface area contributed by atoms with Gasteiger partial charge < -0.3 is 11.5 Å². The predicted octanol–water partition coefficient (Wildman–Crippen LogP) is 0.311. The normalized spacial score (nSPS) is 12.1. The number of hydrogen-bond acceptors (Lipinski definition) is 3. The van der Waals surface area contributed by atoms with Crippen molar-refractivity contribution in [1.29, 1.82) is 0 Å². The molecule has 1 amide bonds. The van der Waals surface area contributed by atoms with Crippen LogP contribution in [0.15, 0.2) is 0 Å². The second kappa shape index (κ2) is 5.98. The van der Waals surface area contributed by atoms with E-state index in [9.17, 15) is 4.79 Å². The van der Waals surface area contributed by atoms with Crippen molar-refractivity contribution >= 4 is 5.91 Å². The van der Waals surface area contributed by atoms with Gasteiger partial charge in [-0.25, -0.2) is 0 Å². The van der Waals surface area contributed by atoms with Crippen molar-refractivity contribution in [1.82, 2.24) is 4.90 Å². The monoisotopic (exact) mass is 201 g/mol. The van der Waals surface area contributed by atoms with E-state index < -0.39 is 0 Å². The first-order valence-electron chi connectivity index (χ1n) is 5.29. The Labute approximate surface area is 86.6 Å². The van der Waals surface area contributed by atoms with E-state index in [2.05, 4.69) is 18.7 Å². The summed E-state index contributed by atoms with van der Waals surface area (Å²) in [7, 11) is 0. The van der Waals surface area contributed by atoms with Crippen LogP contribution in [0.3, 0.4) is 0 Å². The second-order valence-corrected chi connectivity index (χ2v) is 3.62. The smallest absolute Gasteiger partial charge is 0.231 e. The third-order valence-corrected chi connectivity index (χ3v) is 3.10. The summed E-state index contributed by atoms with van der Waals surface area (Å²) in [5.74, 6) is -0.286. The zero-order valence-electron chi connectivity index (χ0n) is 9.55. The van der Waals surface area contributed by atoms with Crippen LogP contribution in [-0.2, 0) is 4.79 Å². The first kappa shape index (κ1) is 13.4. The molecule has 0 saturated heterocycles. The Morgan fingerprint density at radius 1 is 1.29 bits per heavy atom. The molecule has 0 atom stereocenters. The summed E-state index contributed by atoms with van der Waals surface area (Å²) in [5.41, 5.74) is 10.9. The van der Waals surface area contributed by atoms with Gasteiger partial charge in [0.1, 0.15) is 0 Å². The maximum Gasteiger partial charge on any atom is 0.231 e. The van der Waals surface area contributed by atoms with Crippen molar-refractivity contribution in [3.8, 4) is 0 Å². The second-order valence-electron chi connectivity index (χ2n) is 3.62. The Bertz CT molecular complexity index is 170. The summed E-state index contributed by atoms with van der Waals surface area (Å²) < 4.78 is 0. The number of carbonyl (C=O) groups is 1. The van der Waals surface area contributed by atoms with Crippen LogP contribution in [0.2, 0.25) is 0 Å². The van der Waals surface area contributed by atoms with E-state index in [1.807, 2.05) is 6.92 Å². The minimum Gasteiger partial charge on any atom is -0.369 e. The van der Waals surface area contributed by atoms with Gasteiger partial charge in [0.25, 0.3) is 0 Å². The van der Waals surface area contributed by atoms with Gasteiger partial charge in [0.15, 0.2) is 0 Å². The Kier molecular flexibility index (Phi) is 5.72. The van der Waals surface area contributed by atoms with Crippen LogP contribution in [-0.4, -0.2) is 36.0 Å². The average Bonchev–Trinajstić information content (AvgIpc) is 2.19. The van der Waals surface area contributed by atoms with Gasteiger partial charge in [-0.05, 0) is 19.4 Å². The van der Waals surface area contributed by atoms with E-state index >= 15 is 0 Å². The number of nitrogens with zero attached hydrogens (tertiary/aromatic N) is 1. The third-order valence-electron chi connectivity index (χ3n) is 3.10. The molecule has 0 saturated carbocycles. The number of primary amides is 1. The number of carbonyl (C=O) groups excluding carboxylic acids is 1. The van der Waals surface area contributed by atoms with E-state index in [0.29, 0.717) is 13.1 Å². The lowest BCUT2D eigenvalue weighted by Crippen LogP contribution is -2.55. The summed E-state index contributed by atoms with van der Waals surface area (Å²) in [6, 6.07) is 0. The van der Waals surface area contributed by atoms with Crippen LogP contribution < -0.4 is 11.5 Å². The molecule has 0 unspecified atom stereocenters. The van der Waals surface area contributed by atoms with E-state index in [4.69, 9.17) is 11.5 Å². The van der Waals surface area contributed by atoms with Gasteiger partial charge in [0.2, 0.25) is 5.91 Å². The lowest BCUT2D eigenvalue weighted by atomic mass is 9.90. The SMILES string of the molecule is CCN(CC(N)=O)C(CC)(CC)CN. The molecule has 0 heterocycles. The predicted molar refractivity (Wildman–Crippen MR) is 58.8 cm³/mol. The molecular formula is C10H23N3O. The minimum absolute atomic E-state index is 0.0657. The topological polar surface area (TPSA) is 72.3 Å². The van der Waals surface area contributed by atoms with Gasteiger partial charge in [-0.3, -0.25) is 9.69 Å². The van der Waals surface area contributed by atoms with Crippen LogP contribution in [0, 0.1) is 0 Å². The zero-order valence-corrected chi connectivity index (χ0v) is 9.55. The summed E-state index contributed by atoms with van der Waals surface area (Å²) >= 11 is 0. The maximum atomic E-state index is 10.9. The first-order valence-corrected chi connectivity index (χ1v) is 5.29. The number of amides is 1. The molecule has 0 aromatic carbocycles. The van der Waals surface area contributed by atoms with E-state index in [0.717, 1.165) is 19.4 Å². The van der Waals surface area contributed by atoms with Crippen LogP contribution in [0.25, 0.3) is 0 Å². The van der Waals surface area contributed by atoms with Crippen LogP contribution >= 0.6 is 0 Å². The summed E-state index contributed by atoms with van der Waals surface area (Å²) in [5, 5.41) is 0. The summed E-state index contributed by atoms with van der Waals surface area (Å²) in [6.07, 6.45) is 1.89. The number of hydrogen-bond donors (Lipinski definition) is 2. The molecule has 0 fully saturated rings. The van der Waals surface area contributed by atoms with Gasteiger partial charge in [-0.1, -0.05) is 20.8 Å². The first-order chi connectivity index (χ1) is 6.56.